The molecule has 1 fully saturated rings. The summed E-state index contributed by atoms with van der Waals surface area (Å²) in [5, 5.41) is 0. The predicted octanol–water partition coefficient (Wildman–Crippen LogP) is 2.29. The first kappa shape index (κ1) is 15.9. The Balaban J connectivity index is 2.15. The molecule has 0 radical (unpaired) electrons. The summed E-state index contributed by atoms with van der Waals surface area (Å²) in [5.41, 5.74) is 0.659. The number of nitrogens with zero attached hydrogens (tertiary/aromatic N) is 1. The molecule has 0 N–H and O–H groups in total. The number of methoxy groups -OCH3 is 1. The second-order valence-corrected chi connectivity index (χ2v) is 5.26. The lowest BCUT2D eigenvalue weighted by Gasteiger charge is -2.39. The minimum absolute atomic E-state index is 0.143. The summed E-state index contributed by atoms with van der Waals surface area (Å²) >= 11 is 0. The van der Waals surface area contributed by atoms with Gasteiger partial charge in [-0.3, -0.25) is 4.90 Å². The topological polar surface area (TPSA) is 38.8 Å². The third-order valence-electron chi connectivity index (χ3n) is 3.73. The highest BCUT2D eigenvalue weighted by Crippen LogP contribution is 2.26. The number of hydrogen-bond acceptors (Lipinski definition) is 4. The minimum Gasteiger partial charge on any atom is -0.467 e. The number of hydrogen-bond donors (Lipinski definition) is 0. The Labute approximate surface area is 122 Å². The lowest BCUT2D eigenvalue weighted by Crippen LogP contribution is -2.50. The zero-order valence-electron chi connectivity index (χ0n) is 12.3. The van der Waals surface area contributed by atoms with Crippen LogP contribution in [0.2, 0.25) is 0 Å². The van der Waals surface area contributed by atoms with E-state index in [-0.39, 0.29) is 12.1 Å². The number of benzene rings is 1. The van der Waals surface area contributed by atoms with Crippen molar-refractivity contribution in [2.45, 2.75) is 32.1 Å². The standard InChI is InChI=1S/C15H19F2NO3/c1-9-7-18(8-14(21-9)15(19)20-3)10(2)11-4-5-12(16)13(17)6-11/h4-6,9-10,14H,7-8H2,1-3H3/t9-,10+,14-/m1/s1. The Morgan fingerprint density at radius 3 is 2.71 bits per heavy atom. The number of carbonyl (C=O) groups excluding carboxylic acids is 1. The van der Waals surface area contributed by atoms with Crippen molar-refractivity contribution < 1.29 is 23.0 Å². The molecule has 1 aromatic rings. The van der Waals surface area contributed by atoms with Crippen molar-refractivity contribution in [1.29, 1.82) is 0 Å². The maximum Gasteiger partial charge on any atom is 0.336 e. The van der Waals surface area contributed by atoms with E-state index in [1.54, 1.807) is 6.07 Å². The zero-order chi connectivity index (χ0) is 15.6. The van der Waals surface area contributed by atoms with Crippen molar-refractivity contribution in [3.8, 4) is 0 Å². The molecular weight excluding hydrogens is 280 g/mol. The number of rotatable bonds is 3. The van der Waals surface area contributed by atoms with Gasteiger partial charge in [-0.25, -0.2) is 13.6 Å². The number of ether oxygens (including phenoxy) is 2. The molecule has 4 nitrogen and oxygen atoms in total. The second kappa shape index (κ2) is 6.49. The Hall–Kier alpha value is -1.53. The van der Waals surface area contributed by atoms with Crippen LogP contribution in [0, 0.1) is 11.6 Å². The summed E-state index contributed by atoms with van der Waals surface area (Å²) in [6, 6.07) is 3.70. The van der Waals surface area contributed by atoms with Gasteiger partial charge < -0.3 is 9.47 Å². The van der Waals surface area contributed by atoms with E-state index in [0.29, 0.717) is 18.7 Å². The van der Waals surface area contributed by atoms with Crippen molar-refractivity contribution in [2.75, 3.05) is 20.2 Å². The molecule has 6 heteroatoms. The van der Waals surface area contributed by atoms with Gasteiger partial charge in [0.1, 0.15) is 0 Å². The summed E-state index contributed by atoms with van der Waals surface area (Å²) in [6.07, 6.45) is -0.804. The van der Waals surface area contributed by atoms with E-state index in [9.17, 15) is 13.6 Å². The third kappa shape index (κ3) is 3.57. The highest BCUT2D eigenvalue weighted by Gasteiger charge is 2.33. The van der Waals surface area contributed by atoms with Crippen molar-refractivity contribution in [1.82, 2.24) is 4.90 Å². The van der Waals surface area contributed by atoms with E-state index >= 15 is 0 Å². The van der Waals surface area contributed by atoms with E-state index < -0.39 is 23.7 Å². The molecule has 0 unspecified atom stereocenters. The number of esters is 1. The van der Waals surface area contributed by atoms with Crippen LogP contribution in [0.25, 0.3) is 0 Å². The zero-order valence-corrected chi connectivity index (χ0v) is 12.3. The van der Waals surface area contributed by atoms with Crippen LogP contribution in [0.15, 0.2) is 18.2 Å². The van der Waals surface area contributed by atoms with Gasteiger partial charge in [0.2, 0.25) is 0 Å². The monoisotopic (exact) mass is 299 g/mol. The van der Waals surface area contributed by atoms with Crippen LogP contribution >= 0.6 is 0 Å². The SMILES string of the molecule is COC(=O)[C@H]1CN([C@@H](C)c2ccc(F)c(F)c2)C[C@@H](C)O1. The van der Waals surface area contributed by atoms with Gasteiger partial charge in [-0.15, -0.1) is 0 Å². The highest BCUT2D eigenvalue weighted by atomic mass is 19.2. The lowest BCUT2D eigenvalue weighted by molar-refractivity contribution is -0.167. The fraction of sp³-hybridized carbons (Fsp3) is 0.533. The van der Waals surface area contributed by atoms with Gasteiger partial charge in [0.25, 0.3) is 0 Å². The highest BCUT2D eigenvalue weighted by molar-refractivity contribution is 5.75. The number of carbonyl (C=O) groups is 1. The van der Waals surface area contributed by atoms with Crippen molar-refractivity contribution >= 4 is 5.97 Å². The van der Waals surface area contributed by atoms with Gasteiger partial charge >= 0.3 is 5.97 Å². The van der Waals surface area contributed by atoms with Gasteiger partial charge in [-0.2, -0.15) is 0 Å². The molecule has 0 bridgehead atoms. The van der Waals surface area contributed by atoms with Crippen LogP contribution in [0.1, 0.15) is 25.5 Å². The molecule has 1 saturated heterocycles. The molecule has 1 aliphatic rings. The summed E-state index contributed by atoms with van der Waals surface area (Å²) < 4.78 is 36.6. The lowest BCUT2D eigenvalue weighted by atomic mass is 10.0. The fourth-order valence-electron chi connectivity index (χ4n) is 2.55. The van der Waals surface area contributed by atoms with Gasteiger partial charge in [-0.05, 0) is 31.5 Å². The molecule has 1 aliphatic heterocycles. The number of halogens is 2. The molecule has 3 atom stereocenters. The first-order valence-electron chi connectivity index (χ1n) is 6.84. The maximum absolute atomic E-state index is 13.4. The molecule has 21 heavy (non-hydrogen) atoms. The summed E-state index contributed by atoms with van der Waals surface area (Å²) in [7, 11) is 1.31. The average molecular weight is 299 g/mol. The second-order valence-electron chi connectivity index (χ2n) is 5.26. The first-order chi connectivity index (χ1) is 9.92. The van der Waals surface area contributed by atoms with Crippen molar-refractivity contribution in [3.63, 3.8) is 0 Å². The fourth-order valence-corrected chi connectivity index (χ4v) is 2.55. The molecule has 0 aromatic heterocycles. The van der Waals surface area contributed by atoms with Crippen LogP contribution in [0.3, 0.4) is 0 Å². The molecule has 0 spiro atoms. The van der Waals surface area contributed by atoms with Gasteiger partial charge in [0, 0.05) is 19.1 Å². The predicted molar refractivity (Wildman–Crippen MR) is 72.7 cm³/mol. The van der Waals surface area contributed by atoms with Crippen LogP contribution in [0.4, 0.5) is 8.78 Å². The minimum atomic E-state index is -0.870. The number of morpholine rings is 1. The van der Waals surface area contributed by atoms with Crippen LogP contribution in [-0.4, -0.2) is 43.3 Å². The molecule has 1 aromatic carbocycles. The quantitative estimate of drug-likeness (QED) is 0.803. The first-order valence-corrected chi connectivity index (χ1v) is 6.84. The van der Waals surface area contributed by atoms with E-state index in [1.165, 1.54) is 13.2 Å². The molecule has 2 rings (SSSR count). The molecule has 0 amide bonds. The largest absolute Gasteiger partial charge is 0.467 e. The van der Waals surface area contributed by atoms with Crippen LogP contribution in [0.5, 0.6) is 0 Å². The third-order valence-corrected chi connectivity index (χ3v) is 3.73. The normalized spacial score (nSPS) is 24.6. The van der Waals surface area contributed by atoms with E-state index in [0.717, 1.165) is 6.07 Å². The Morgan fingerprint density at radius 2 is 2.10 bits per heavy atom. The van der Waals surface area contributed by atoms with Crippen LogP contribution < -0.4 is 0 Å². The summed E-state index contributed by atoms with van der Waals surface area (Å²) in [4.78, 5) is 13.6. The van der Waals surface area contributed by atoms with Crippen molar-refractivity contribution in [2.24, 2.45) is 0 Å². The molecular formula is C15H19F2NO3. The van der Waals surface area contributed by atoms with Gasteiger partial charge in [-0.1, -0.05) is 6.07 Å². The average Bonchev–Trinajstić information content (AvgIpc) is 2.47. The Morgan fingerprint density at radius 1 is 1.38 bits per heavy atom. The molecule has 116 valence electrons. The van der Waals surface area contributed by atoms with Gasteiger partial charge in [0.05, 0.1) is 13.2 Å². The molecule has 1 heterocycles. The summed E-state index contributed by atoms with van der Waals surface area (Å²) in [6.45, 7) is 4.71. The Kier molecular flexibility index (Phi) is 4.90. The van der Waals surface area contributed by atoms with Crippen molar-refractivity contribution in [3.05, 3.63) is 35.4 Å². The smallest absolute Gasteiger partial charge is 0.336 e. The van der Waals surface area contributed by atoms with E-state index in [4.69, 9.17) is 9.47 Å². The molecule has 0 saturated carbocycles. The van der Waals surface area contributed by atoms with Crippen LogP contribution in [-0.2, 0) is 14.3 Å². The summed E-state index contributed by atoms with van der Waals surface area (Å²) in [5.74, 6) is -2.16. The maximum atomic E-state index is 13.4. The van der Waals surface area contributed by atoms with E-state index in [2.05, 4.69) is 0 Å². The Bertz CT molecular complexity index is 524. The molecule has 0 aliphatic carbocycles. The van der Waals surface area contributed by atoms with E-state index in [1.807, 2.05) is 18.7 Å². The van der Waals surface area contributed by atoms with Gasteiger partial charge in [0.15, 0.2) is 17.7 Å².